The van der Waals surface area contributed by atoms with Crippen LogP contribution in [0.5, 0.6) is 0 Å². The highest BCUT2D eigenvalue weighted by Gasteiger charge is 2.20. The minimum Gasteiger partial charge on any atom is -0.306 e. The molecule has 1 nitrogen and oxygen atoms in total. The Bertz CT molecular complexity index is 567. The fourth-order valence-electron chi connectivity index (χ4n) is 2.94. The highest BCUT2D eigenvalue weighted by atomic mass is 32.1. The van der Waals surface area contributed by atoms with E-state index in [1.807, 2.05) is 11.3 Å². The van der Waals surface area contributed by atoms with Crippen LogP contribution < -0.4 is 5.32 Å². The van der Waals surface area contributed by atoms with Gasteiger partial charge < -0.3 is 5.32 Å². The summed E-state index contributed by atoms with van der Waals surface area (Å²) >= 11 is 1.92. The lowest BCUT2D eigenvalue weighted by molar-refractivity contribution is 0.633. The van der Waals surface area contributed by atoms with Crippen molar-refractivity contribution in [1.82, 2.24) is 5.32 Å². The Morgan fingerprint density at radius 3 is 2.00 bits per heavy atom. The molecule has 0 bridgehead atoms. The molecule has 0 aliphatic carbocycles. The summed E-state index contributed by atoms with van der Waals surface area (Å²) in [5, 5.41) is 3.67. The van der Waals surface area contributed by atoms with E-state index in [-0.39, 0.29) is 0 Å². The van der Waals surface area contributed by atoms with Gasteiger partial charge >= 0.3 is 0 Å². The van der Waals surface area contributed by atoms with Crippen molar-refractivity contribution in [2.45, 2.75) is 47.6 Å². The van der Waals surface area contributed by atoms with Crippen molar-refractivity contribution in [2.75, 3.05) is 6.54 Å². The molecule has 1 heterocycles. The first kappa shape index (κ1) is 15.3. The van der Waals surface area contributed by atoms with Gasteiger partial charge in [0.25, 0.3) is 0 Å². The summed E-state index contributed by atoms with van der Waals surface area (Å²) < 4.78 is 0. The Kier molecular flexibility index (Phi) is 4.66. The Morgan fingerprint density at radius 2 is 1.55 bits per heavy atom. The minimum atomic E-state index is 0.318. The smallest absolute Gasteiger partial charge is 0.0676 e. The van der Waals surface area contributed by atoms with E-state index in [0.717, 1.165) is 6.54 Å². The van der Waals surface area contributed by atoms with Crippen LogP contribution in [0.25, 0.3) is 0 Å². The van der Waals surface area contributed by atoms with E-state index in [2.05, 4.69) is 65.1 Å². The molecule has 2 aromatic rings. The first-order valence-electron chi connectivity index (χ1n) is 7.32. The summed E-state index contributed by atoms with van der Waals surface area (Å²) in [4.78, 5) is 2.85. The van der Waals surface area contributed by atoms with E-state index >= 15 is 0 Å². The van der Waals surface area contributed by atoms with Crippen LogP contribution in [0.15, 0.2) is 18.2 Å². The second-order valence-electron chi connectivity index (χ2n) is 5.69. The van der Waals surface area contributed by atoms with Crippen molar-refractivity contribution < 1.29 is 0 Å². The monoisotopic (exact) mass is 287 g/mol. The molecule has 20 heavy (non-hydrogen) atoms. The summed E-state index contributed by atoms with van der Waals surface area (Å²) in [6.45, 7) is 14.2. The van der Waals surface area contributed by atoms with Crippen LogP contribution in [-0.4, -0.2) is 6.54 Å². The van der Waals surface area contributed by atoms with Gasteiger partial charge in [0, 0.05) is 9.75 Å². The standard InChI is InChI=1S/C18H25NS/c1-7-19-18(16-10-12(3)15(6)20-16)17-13(4)8-11(2)9-14(17)5/h8-10,18-19H,7H2,1-6H3. The highest BCUT2D eigenvalue weighted by Crippen LogP contribution is 2.34. The summed E-state index contributed by atoms with van der Waals surface area (Å²) in [6.07, 6.45) is 0. The second-order valence-corrected chi connectivity index (χ2v) is 6.98. The maximum absolute atomic E-state index is 3.67. The predicted molar refractivity (Wildman–Crippen MR) is 90.0 cm³/mol. The molecule has 1 aromatic heterocycles. The molecule has 0 fully saturated rings. The van der Waals surface area contributed by atoms with Crippen LogP contribution in [0, 0.1) is 34.6 Å². The molecule has 1 N–H and O–H groups in total. The van der Waals surface area contributed by atoms with Crippen molar-refractivity contribution in [1.29, 1.82) is 0 Å². The zero-order valence-electron chi connectivity index (χ0n) is 13.4. The van der Waals surface area contributed by atoms with Gasteiger partial charge in [0.15, 0.2) is 0 Å². The molecular weight excluding hydrogens is 262 g/mol. The molecule has 1 unspecified atom stereocenters. The van der Waals surface area contributed by atoms with Gasteiger partial charge in [-0.25, -0.2) is 0 Å². The summed E-state index contributed by atoms with van der Waals surface area (Å²) in [5.41, 5.74) is 6.96. The van der Waals surface area contributed by atoms with Crippen molar-refractivity contribution in [3.05, 3.63) is 55.8 Å². The molecule has 1 aromatic carbocycles. The molecule has 0 aliphatic rings. The van der Waals surface area contributed by atoms with E-state index in [9.17, 15) is 0 Å². The maximum Gasteiger partial charge on any atom is 0.0676 e. The van der Waals surface area contributed by atoms with Gasteiger partial charge in [-0.3, -0.25) is 0 Å². The molecule has 0 amide bonds. The summed E-state index contributed by atoms with van der Waals surface area (Å²) in [6, 6.07) is 7.24. The number of aryl methyl sites for hydroxylation is 5. The normalized spacial score (nSPS) is 12.7. The minimum absolute atomic E-state index is 0.318. The third-order valence-electron chi connectivity index (χ3n) is 3.90. The van der Waals surface area contributed by atoms with E-state index in [1.165, 1.54) is 37.6 Å². The van der Waals surface area contributed by atoms with E-state index in [0.29, 0.717) is 6.04 Å². The van der Waals surface area contributed by atoms with Crippen molar-refractivity contribution in [3.63, 3.8) is 0 Å². The maximum atomic E-state index is 3.67. The fourth-order valence-corrected chi connectivity index (χ4v) is 4.07. The molecule has 1 atom stereocenters. The molecular formula is C18H25NS. The van der Waals surface area contributed by atoms with Gasteiger partial charge in [-0.05, 0) is 69.5 Å². The Hall–Kier alpha value is -1.12. The number of benzene rings is 1. The lowest BCUT2D eigenvalue weighted by atomic mass is 9.93. The summed E-state index contributed by atoms with van der Waals surface area (Å²) in [5.74, 6) is 0. The van der Waals surface area contributed by atoms with Gasteiger partial charge in [0.05, 0.1) is 6.04 Å². The number of hydrogen-bond donors (Lipinski definition) is 1. The van der Waals surface area contributed by atoms with Crippen LogP contribution in [-0.2, 0) is 0 Å². The topological polar surface area (TPSA) is 12.0 Å². The van der Waals surface area contributed by atoms with Crippen LogP contribution in [0.4, 0.5) is 0 Å². The SMILES string of the molecule is CCNC(c1cc(C)c(C)s1)c1c(C)cc(C)cc1C. The van der Waals surface area contributed by atoms with Crippen LogP contribution in [0.3, 0.4) is 0 Å². The lowest BCUT2D eigenvalue weighted by Crippen LogP contribution is -2.23. The average molecular weight is 287 g/mol. The largest absolute Gasteiger partial charge is 0.306 e. The van der Waals surface area contributed by atoms with Gasteiger partial charge in [0.1, 0.15) is 0 Å². The molecule has 0 aliphatic heterocycles. The van der Waals surface area contributed by atoms with Crippen molar-refractivity contribution in [3.8, 4) is 0 Å². The number of thiophene rings is 1. The molecule has 2 rings (SSSR count). The molecule has 0 saturated carbocycles. The van der Waals surface area contributed by atoms with E-state index in [1.54, 1.807) is 0 Å². The molecule has 2 heteroatoms. The highest BCUT2D eigenvalue weighted by molar-refractivity contribution is 7.12. The predicted octanol–water partition coefficient (Wildman–Crippen LogP) is 4.99. The van der Waals surface area contributed by atoms with E-state index in [4.69, 9.17) is 0 Å². The van der Waals surface area contributed by atoms with Crippen LogP contribution >= 0.6 is 11.3 Å². The molecule has 0 radical (unpaired) electrons. The van der Waals surface area contributed by atoms with Gasteiger partial charge in [0.2, 0.25) is 0 Å². The van der Waals surface area contributed by atoms with Gasteiger partial charge in [-0.15, -0.1) is 11.3 Å². The van der Waals surface area contributed by atoms with E-state index < -0.39 is 0 Å². The first-order valence-corrected chi connectivity index (χ1v) is 8.13. The third kappa shape index (κ3) is 2.97. The Labute approximate surface area is 127 Å². The fraction of sp³-hybridized carbons (Fsp3) is 0.444. The molecule has 108 valence electrons. The molecule has 0 saturated heterocycles. The van der Waals surface area contributed by atoms with Gasteiger partial charge in [-0.2, -0.15) is 0 Å². The zero-order valence-corrected chi connectivity index (χ0v) is 14.2. The Balaban J connectivity index is 2.54. The van der Waals surface area contributed by atoms with Crippen LogP contribution in [0.2, 0.25) is 0 Å². The van der Waals surface area contributed by atoms with Crippen molar-refractivity contribution in [2.24, 2.45) is 0 Å². The lowest BCUT2D eigenvalue weighted by Gasteiger charge is -2.22. The molecule has 0 spiro atoms. The zero-order chi connectivity index (χ0) is 14.9. The second kappa shape index (κ2) is 6.11. The average Bonchev–Trinajstić information content (AvgIpc) is 2.67. The van der Waals surface area contributed by atoms with Crippen LogP contribution in [0.1, 0.15) is 50.5 Å². The number of nitrogens with one attached hydrogen (secondary N) is 1. The quantitative estimate of drug-likeness (QED) is 0.835. The van der Waals surface area contributed by atoms with Crippen molar-refractivity contribution >= 4 is 11.3 Å². The third-order valence-corrected chi connectivity index (χ3v) is 5.12. The van der Waals surface area contributed by atoms with Gasteiger partial charge in [-0.1, -0.05) is 24.6 Å². The Morgan fingerprint density at radius 1 is 0.950 bits per heavy atom. The first-order chi connectivity index (χ1) is 9.43. The number of rotatable bonds is 4. The summed E-state index contributed by atoms with van der Waals surface area (Å²) in [7, 11) is 0. The number of hydrogen-bond acceptors (Lipinski definition) is 2.